The number of fused-ring (bicyclic) bond motifs is 12. The normalized spacial score (nSPS) is 14.5. The molecule has 0 N–H and O–H groups in total. The van der Waals surface area contributed by atoms with E-state index in [9.17, 15) is 0 Å². The Hall–Kier alpha value is -6.82. The predicted octanol–water partition coefficient (Wildman–Crippen LogP) is 13.0. The highest BCUT2D eigenvalue weighted by atomic mass is 32.2. The number of benzene rings is 10. The minimum Gasteiger partial charge on any atom is -0.310 e. The fraction of sp³-hybridized carbons (Fsp3) is 0.0169. The highest BCUT2D eigenvalue weighted by molar-refractivity contribution is 8.01. The third-order valence-electron chi connectivity index (χ3n) is 13.7. The molecule has 13 rings (SSSR count). The van der Waals surface area contributed by atoms with Gasteiger partial charge in [0, 0.05) is 36.3 Å². The Morgan fingerprint density at radius 1 is 0.349 bits per heavy atom. The molecule has 2 heterocycles. The third kappa shape index (κ3) is 5.26. The molecule has 10 aromatic carbocycles. The molecule has 0 unspecified atom stereocenters. The summed E-state index contributed by atoms with van der Waals surface area (Å²) in [7, 11) is -2.80. The molecule has 0 bridgehead atoms. The van der Waals surface area contributed by atoms with Crippen molar-refractivity contribution in [1.82, 2.24) is 0 Å². The summed E-state index contributed by atoms with van der Waals surface area (Å²) in [6.07, 6.45) is 0. The molecule has 63 heavy (non-hydrogen) atoms. The second kappa shape index (κ2) is 14.4. The van der Waals surface area contributed by atoms with Gasteiger partial charge in [-0.15, -0.1) is 0 Å². The van der Waals surface area contributed by atoms with Crippen LogP contribution in [0.1, 0.15) is 22.3 Å². The molecule has 0 atom stereocenters. The maximum Gasteiger partial charge on any atom is 0.184 e. The van der Waals surface area contributed by atoms with Gasteiger partial charge in [0.2, 0.25) is 0 Å². The highest BCUT2D eigenvalue weighted by Crippen LogP contribution is 2.56. The molecule has 0 saturated carbocycles. The molecule has 1 nitrogen and oxygen atoms in total. The van der Waals surface area contributed by atoms with E-state index < -0.39 is 13.5 Å². The third-order valence-corrected chi connectivity index (χ3v) is 21.6. The van der Waals surface area contributed by atoms with Crippen LogP contribution in [0.3, 0.4) is 0 Å². The number of anilines is 3. The molecule has 0 aromatic heterocycles. The van der Waals surface area contributed by atoms with Gasteiger partial charge in [0.05, 0.1) is 11.1 Å². The lowest BCUT2D eigenvalue weighted by Gasteiger charge is -2.44. The Morgan fingerprint density at radius 3 is 1.46 bits per heavy atom. The van der Waals surface area contributed by atoms with Crippen molar-refractivity contribution in [2.24, 2.45) is 0 Å². The molecule has 0 saturated heterocycles. The van der Waals surface area contributed by atoms with Crippen LogP contribution in [0.15, 0.2) is 256 Å². The standard InChI is InChI=1S/C59H39NS2Si/c1-2-19-41(20-3-1)59(48-24-8-6-22-46(48)47-23-7-9-25-49(47)59)42-33-35-43(36-34-42)60(50-26-16-18-40-17-4-5-21-45(40)50)44-37-38-54-58(39-44)63(57-32-15-12-29-53(57)62-54)55-30-13-10-27-51(55)61-52-28-11-14-31-56(52)63/h1-39H. The maximum absolute atomic E-state index is 2.80. The summed E-state index contributed by atoms with van der Waals surface area (Å²) < 4.78 is 0. The minimum absolute atomic E-state index is 0.467. The van der Waals surface area contributed by atoms with Gasteiger partial charge in [0.25, 0.3) is 0 Å². The molecule has 4 heteroatoms. The van der Waals surface area contributed by atoms with Crippen LogP contribution in [-0.4, -0.2) is 8.07 Å². The molecule has 0 fully saturated rings. The van der Waals surface area contributed by atoms with Crippen molar-refractivity contribution < 1.29 is 0 Å². The van der Waals surface area contributed by atoms with Crippen molar-refractivity contribution in [1.29, 1.82) is 0 Å². The van der Waals surface area contributed by atoms with Crippen LogP contribution >= 0.6 is 23.5 Å². The monoisotopic (exact) mass is 853 g/mol. The Morgan fingerprint density at radius 2 is 0.825 bits per heavy atom. The molecular weight excluding hydrogens is 815 g/mol. The lowest BCUT2D eigenvalue weighted by Crippen LogP contribution is -2.78. The van der Waals surface area contributed by atoms with Crippen LogP contribution in [0.25, 0.3) is 21.9 Å². The Bertz CT molecular complexity index is 3280. The molecule has 0 amide bonds. The molecule has 10 aromatic rings. The van der Waals surface area contributed by atoms with Crippen molar-refractivity contribution in [2.45, 2.75) is 25.0 Å². The summed E-state index contributed by atoms with van der Waals surface area (Å²) in [5.41, 5.74) is 10.8. The topological polar surface area (TPSA) is 3.24 Å². The minimum atomic E-state index is -2.80. The van der Waals surface area contributed by atoms with E-state index >= 15 is 0 Å². The van der Waals surface area contributed by atoms with Crippen LogP contribution in [-0.2, 0) is 5.41 Å². The second-order valence-electron chi connectivity index (χ2n) is 16.7. The Kier molecular flexibility index (Phi) is 8.39. The lowest BCUT2D eigenvalue weighted by molar-refractivity contribution is 0.768. The van der Waals surface area contributed by atoms with Crippen LogP contribution in [0, 0.1) is 0 Å². The summed E-state index contributed by atoms with van der Waals surface area (Å²) >= 11 is 3.85. The first-order valence-electron chi connectivity index (χ1n) is 21.7. The van der Waals surface area contributed by atoms with Gasteiger partial charge < -0.3 is 4.90 Å². The van der Waals surface area contributed by atoms with E-state index in [4.69, 9.17) is 0 Å². The van der Waals surface area contributed by atoms with Crippen LogP contribution < -0.4 is 25.6 Å². The SMILES string of the molecule is c1ccc(C2(c3ccc(N(c4ccc5c(c4)[Si]4(c6ccccc6Sc6ccccc64)c4ccccc4S5)c4cccc5ccccc45)cc3)c3ccccc3-c3ccccc32)cc1. The molecule has 2 aliphatic heterocycles. The summed E-state index contributed by atoms with van der Waals surface area (Å²) in [5.74, 6) is 0. The van der Waals surface area contributed by atoms with Gasteiger partial charge >= 0.3 is 0 Å². The van der Waals surface area contributed by atoms with E-state index in [2.05, 4.69) is 241 Å². The van der Waals surface area contributed by atoms with Gasteiger partial charge in [-0.3, -0.25) is 0 Å². The lowest BCUT2D eigenvalue weighted by atomic mass is 9.68. The van der Waals surface area contributed by atoms with Gasteiger partial charge in [-0.2, -0.15) is 0 Å². The molecule has 296 valence electrons. The molecule has 3 aliphatic rings. The van der Waals surface area contributed by atoms with Gasteiger partial charge in [-0.1, -0.05) is 206 Å². The van der Waals surface area contributed by atoms with E-state index in [0.717, 1.165) is 17.1 Å². The zero-order valence-electron chi connectivity index (χ0n) is 34.3. The zero-order chi connectivity index (χ0) is 41.5. The predicted molar refractivity (Wildman–Crippen MR) is 268 cm³/mol. The van der Waals surface area contributed by atoms with Crippen molar-refractivity contribution in [2.75, 3.05) is 4.90 Å². The number of hydrogen-bond acceptors (Lipinski definition) is 3. The quantitative estimate of drug-likeness (QED) is 0.159. The second-order valence-corrected chi connectivity index (χ2v) is 22.5. The summed E-state index contributed by atoms with van der Waals surface area (Å²) in [6, 6.07) is 89.2. The van der Waals surface area contributed by atoms with Crippen LogP contribution in [0.5, 0.6) is 0 Å². The highest BCUT2D eigenvalue weighted by Gasteiger charge is 2.51. The summed E-state index contributed by atoms with van der Waals surface area (Å²) in [4.78, 5) is 7.96. The number of nitrogens with zero attached hydrogens (tertiary/aromatic N) is 1. The van der Waals surface area contributed by atoms with Crippen molar-refractivity contribution in [3.8, 4) is 11.1 Å². The Balaban J connectivity index is 1.06. The van der Waals surface area contributed by atoms with E-state index in [-0.39, 0.29) is 0 Å². The summed E-state index contributed by atoms with van der Waals surface area (Å²) in [6.45, 7) is 0. The van der Waals surface area contributed by atoms with Crippen LogP contribution in [0.4, 0.5) is 17.1 Å². The van der Waals surface area contributed by atoms with E-state index in [1.807, 2.05) is 23.5 Å². The maximum atomic E-state index is 2.57. The first-order valence-corrected chi connectivity index (χ1v) is 25.3. The van der Waals surface area contributed by atoms with Gasteiger partial charge in [0.1, 0.15) is 0 Å². The van der Waals surface area contributed by atoms with Gasteiger partial charge in [-0.25, -0.2) is 0 Å². The van der Waals surface area contributed by atoms with E-state index in [0.29, 0.717) is 0 Å². The first-order chi connectivity index (χ1) is 31.2. The molecule has 1 aliphatic carbocycles. The van der Waals surface area contributed by atoms with Crippen LogP contribution in [0.2, 0.25) is 0 Å². The van der Waals surface area contributed by atoms with E-state index in [1.54, 1.807) is 0 Å². The fourth-order valence-corrected chi connectivity index (χ4v) is 20.3. The first kappa shape index (κ1) is 36.8. The fourth-order valence-electron chi connectivity index (χ4n) is 11.1. The summed E-state index contributed by atoms with van der Waals surface area (Å²) in [5, 5.41) is 8.32. The van der Waals surface area contributed by atoms with Gasteiger partial charge in [-0.05, 0) is 114 Å². The number of hydrogen-bond donors (Lipinski definition) is 0. The zero-order valence-corrected chi connectivity index (χ0v) is 36.9. The number of rotatable bonds is 5. The average molecular weight is 854 g/mol. The van der Waals surface area contributed by atoms with Crippen molar-refractivity contribution in [3.63, 3.8) is 0 Å². The molecule has 0 radical (unpaired) electrons. The molecular formula is C59H39NS2Si. The van der Waals surface area contributed by atoms with Gasteiger partial charge in [0.15, 0.2) is 8.07 Å². The van der Waals surface area contributed by atoms with Crippen molar-refractivity contribution >= 4 is 80.2 Å². The van der Waals surface area contributed by atoms with E-state index in [1.165, 1.54) is 84.5 Å². The Labute approximate surface area is 377 Å². The van der Waals surface area contributed by atoms with Crippen molar-refractivity contribution in [3.05, 3.63) is 259 Å². The largest absolute Gasteiger partial charge is 0.310 e. The average Bonchev–Trinajstić information content (AvgIpc) is 3.66. The molecule has 1 spiro atoms. The smallest absolute Gasteiger partial charge is 0.184 e.